The molecule has 148 valence electrons. The molecule has 1 aliphatic heterocycles. The lowest BCUT2D eigenvalue weighted by molar-refractivity contribution is 0.0730. The highest BCUT2D eigenvalue weighted by atomic mass is 32.2. The van der Waals surface area contributed by atoms with Gasteiger partial charge in [-0.3, -0.25) is 5.43 Å². The number of hydrogen-bond donors (Lipinski definition) is 1. The van der Waals surface area contributed by atoms with E-state index in [-0.39, 0.29) is 10.6 Å². The van der Waals surface area contributed by atoms with Crippen molar-refractivity contribution in [2.75, 3.05) is 31.7 Å². The second-order valence-corrected chi connectivity index (χ2v) is 9.18. The van der Waals surface area contributed by atoms with Crippen molar-refractivity contribution in [2.24, 2.45) is 5.10 Å². The van der Waals surface area contributed by atoms with Crippen LogP contribution < -0.4 is 5.43 Å². The van der Waals surface area contributed by atoms with Gasteiger partial charge >= 0.3 is 0 Å². The number of thiazole rings is 1. The van der Waals surface area contributed by atoms with Gasteiger partial charge in [0.1, 0.15) is 6.07 Å². The Kier molecular flexibility index (Phi) is 5.55. The maximum Gasteiger partial charge on any atom is 0.243 e. The van der Waals surface area contributed by atoms with Crippen molar-refractivity contribution in [3.8, 4) is 6.07 Å². The Bertz CT molecular complexity index is 1170. The van der Waals surface area contributed by atoms with Crippen molar-refractivity contribution in [1.82, 2.24) is 9.29 Å². The van der Waals surface area contributed by atoms with Crippen LogP contribution in [0.4, 0.5) is 5.69 Å². The van der Waals surface area contributed by atoms with Gasteiger partial charge in [-0.05, 0) is 30.3 Å². The van der Waals surface area contributed by atoms with Crippen LogP contribution in [0.15, 0.2) is 58.5 Å². The van der Waals surface area contributed by atoms with E-state index in [1.165, 1.54) is 21.7 Å². The number of sulfonamides is 1. The number of rotatable bonds is 5. The minimum absolute atomic E-state index is 0.132. The van der Waals surface area contributed by atoms with E-state index in [0.29, 0.717) is 37.0 Å². The summed E-state index contributed by atoms with van der Waals surface area (Å²) in [5, 5.41) is 14.1. The molecule has 0 spiro atoms. The molecule has 0 saturated carbocycles. The van der Waals surface area contributed by atoms with Gasteiger partial charge in [-0.25, -0.2) is 13.4 Å². The van der Waals surface area contributed by atoms with Crippen LogP contribution in [-0.2, 0) is 14.8 Å². The third kappa shape index (κ3) is 4.13. The second kappa shape index (κ2) is 8.26. The molecule has 0 unspecified atom stereocenters. The number of aromatic nitrogens is 1. The minimum Gasteiger partial charge on any atom is -0.379 e. The van der Waals surface area contributed by atoms with Gasteiger partial charge < -0.3 is 4.74 Å². The Hall–Kier alpha value is -2.84. The van der Waals surface area contributed by atoms with Crippen LogP contribution in [-0.4, -0.2) is 49.7 Å². The summed E-state index contributed by atoms with van der Waals surface area (Å²) < 4.78 is 33.2. The smallest absolute Gasteiger partial charge is 0.243 e. The molecule has 4 rings (SSSR count). The summed E-state index contributed by atoms with van der Waals surface area (Å²) in [7, 11) is -3.61. The number of hydrazone groups is 1. The molecule has 1 saturated heterocycles. The molecule has 10 heteroatoms. The first-order chi connectivity index (χ1) is 14.1. The summed E-state index contributed by atoms with van der Waals surface area (Å²) in [5.41, 5.74) is 4.18. The molecule has 1 aromatic heterocycles. The van der Waals surface area contributed by atoms with Gasteiger partial charge in [0.25, 0.3) is 0 Å². The lowest BCUT2D eigenvalue weighted by Gasteiger charge is -2.26. The molecular weight excluding hydrogens is 410 g/mol. The summed E-state index contributed by atoms with van der Waals surface area (Å²) in [6.45, 7) is 1.42. The number of benzene rings is 2. The number of ether oxygens (including phenoxy) is 1. The third-order valence-corrected chi connectivity index (χ3v) is 7.28. The van der Waals surface area contributed by atoms with Crippen molar-refractivity contribution in [3.05, 3.63) is 53.5 Å². The van der Waals surface area contributed by atoms with Crippen LogP contribution in [0, 0.1) is 11.3 Å². The molecule has 0 radical (unpaired) electrons. The van der Waals surface area contributed by atoms with E-state index >= 15 is 0 Å². The third-order valence-electron chi connectivity index (χ3n) is 4.34. The number of morpholine rings is 1. The fraction of sp³-hybridized carbons (Fsp3) is 0.211. The van der Waals surface area contributed by atoms with Crippen molar-refractivity contribution in [1.29, 1.82) is 5.26 Å². The predicted molar refractivity (Wildman–Crippen MR) is 111 cm³/mol. The first-order valence-corrected chi connectivity index (χ1v) is 11.1. The van der Waals surface area contributed by atoms with Gasteiger partial charge in [-0.2, -0.15) is 14.7 Å². The standard InChI is InChI=1S/C19H17N5O3S2/c20-13-17(19-21-16-6-1-2-7-18(16)28-19)23-22-14-4-3-5-15(12-14)29(25,26)24-8-10-27-11-9-24/h1-7,12,22H,8-11H2/b23-17+. The van der Waals surface area contributed by atoms with E-state index in [2.05, 4.69) is 15.5 Å². The highest BCUT2D eigenvalue weighted by Gasteiger charge is 2.26. The average Bonchev–Trinajstić information content (AvgIpc) is 3.19. The molecule has 0 bridgehead atoms. The number of anilines is 1. The van der Waals surface area contributed by atoms with E-state index < -0.39 is 10.0 Å². The Labute approximate surface area is 172 Å². The quantitative estimate of drug-likeness (QED) is 0.495. The molecule has 0 amide bonds. The van der Waals surface area contributed by atoms with Crippen molar-refractivity contribution < 1.29 is 13.2 Å². The average molecular weight is 428 g/mol. The second-order valence-electron chi connectivity index (χ2n) is 6.22. The van der Waals surface area contributed by atoms with E-state index in [4.69, 9.17) is 4.74 Å². The molecule has 2 aromatic carbocycles. The zero-order chi connectivity index (χ0) is 20.3. The molecule has 0 aliphatic carbocycles. The molecular formula is C19H17N5O3S2. The van der Waals surface area contributed by atoms with Crippen molar-refractivity contribution >= 4 is 43.0 Å². The molecule has 3 aromatic rings. The number of hydrogen-bond acceptors (Lipinski definition) is 8. The highest BCUT2D eigenvalue weighted by molar-refractivity contribution is 7.89. The fourth-order valence-corrected chi connectivity index (χ4v) is 5.24. The Morgan fingerprint density at radius 1 is 1.21 bits per heavy atom. The molecule has 2 heterocycles. The summed E-state index contributed by atoms with van der Waals surface area (Å²) >= 11 is 1.37. The molecule has 8 nitrogen and oxygen atoms in total. The summed E-state index contributed by atoms with van der Waals surface area (Å²) in [4.78, 5) is 4.59. The molecule has 0 atom stereocenters. The number of para-hydroxylation sites is 1. The lowest BCUT2D eigenvalue weighted by Crippen LogP contribution is -2.40. The van der Waals surface area contributed by atoms with Crippen LogP contribution in [0.2, 0.25) is 0 Å². The summed E-state index contributed by atoms with van der Waals surface area (Å²) in [6.07, 6.45) is 0. The van der Waals surface area contributed by atoms with Crippen LogP contribution in [0.25, 0.3) is 10.2 Å². The zero-order valence-electron chi connectivity index (χ0n) is 15.3. The van der Waals surface area contributed by atoms with Gasteiger partial charge in [0.05, 0.1) is 34.0 Å². The normalized spacial score (nSPS) is 15.9. The number of nitrogens with one attached hydrogen (secondary N) is 1. The lowest BCUT2D eigenvalue weighted by atomic mass is 10.3. The topological polar surface area (TPSA) is 108 Å². The fourth-order valence-electron chi connectivity index (χ4n) is 2.88. The zero-order valence-corrected chi connectivity index (χ0v) is 16.9. The summed E-state index contributed by atoms with van der Waals surface area (Å²) in [6, 6.07) is 16.0. The van der Waals surface area contributed by atoms with Gasteiger partial charge in [0.2, 0.25) is 10.0 Å². The molecule has 29 heavy (non-hydrogen) atoms. The highest BCUT2D eigenvalue weighted by Crippen LogP contribution is 2.23. The number of nitriles is 1. The first kappa shape index (κ1) is 19.5. The van der Waals surface area contributed by atoms with Crippen LogP contribution in [0.5, 0.6) is 0 Å². The molecule has 1 N–H and O–H groups in total. The number of nitrogens with zero attached hydrogens (tertiary/aromatic N) is 4. The SMILES string of the molecule is N#C/C(=N\Nc1cccc(S(=O)(=O)N2CCOCC2)c1)c1nc2ccccc2s1. The van der Waals surface area contributed by atoms with E-state index in [1.807, 2.05) is 30.3 Å². The van der Waals surface area contributed by atoms with E-state index in [9.17, 15) is 13.7 Å². The molecule has 1 fully saturated rings. The Morgan fingerprint density at radius 3 is 2.76 bits per heavy atom. The maximum atomic E-state index is 12.8. The van der Waals surface area contributed by atoms with Crippen molar-refractivity contribution in [3.63, 3.8) is 0 Å². The van der Waals surface area contributed by atoms with Crippen LogP contribution >= 0.6 is 11.3 Å². The van der Waals surface area contributed by atoms with Crippen LogP contribution in [0.3, 0.4) is 0 Å². The largest absolute Gasteiger partial charge is 0.379 e. The van der Waals surface area contributed by atoms with Gasteiger partial charge in [0.15, 0.2) is 10.7 Å². The van der Waals surface area contributed by atoms with Crippen LogP contribution in [0.1, 0.15) is 5.01 Å². The predicted octanol–water partition coefficient (Wildman–Crippen LogP) is 2.66. The van der Waals surface area contributed by atoms with Gasteiger partial charge in [0, 0.05) is 13.1 Å². The Morgan fingerprint density at radius 2 is 2.00 bits per heavy atom. The number of fused-ring (bicyclic) bond motifs is 1. The maximum absolute atomic E-state index is 12.8. The van der Waals surface area contributed by atoms with Gasteiger partial charge in [-0.15, -0.1) is 11.3 Å². The van der Waals surface area contributed by atoms with E-state index in [1.54, 1.807) is 18.2 Å². The monoisotopic (exact) mass is 427 g/mol. The Balaban J connectivity index is 1.57. The first-order valence-electron chi connectivity index (χ1n) is 8.85. The summed E-state index contributed by atoms with van der Waals surface area (Å²) in [5.74, 6) is 0. The minimum atomic E-state index is -3.61. The molecule has 1 aliphatic rings. The van der Waals surface area contributed by atoms with Gasteiger partial charge in [-0.1, -0.05) is 18.2 Å². The van der Waals surface area contributed by atoms with Crippen molar-refractivity contribution in [2.45, 2.75) is 4.90 Å². The van der Waals surface area contributed by atoms with E-state index in [0.717, 1.165) is 10.2 Å².